The molecule has 0 bridgehead atoms. The van der Waals surface area contributed by atoms with E-state index < -0.39 is 0 Å². The van der Waals surface area contributed by atoms with Crippen LogP contribution in [0.2, 0.25) is 0 Å². The molecule has 2 aromatic heterocycles. The monoisotopic (exact) mass is 289 g/mol. The van der Waals surface area contributed by atoms with E-state index in [0.717, 1.165) is 54.9 Å². The summed E-state index contributed by atoms with van der Waals surface area (Å²) in [6.45, 7) is 8.14. The molecule has 0 radical (unpaired) electrons. The van der Waals surface area contributed by atoms with Crippen molar-refractivity contribution in [1.29, 1.82) is 0 Å². The number of hydrogen-bond donors (Lipinski definition) is 0. The van der Waals surface area contributed by atoms with Crippen molar-refractivity contribution in [3.8, 4) is 0 Å². The van der Waals surface area contributed by atoms with E-state index in [1.807, 2.05) is 13.8 Å². The van der Waals surface area contributed by atoms with Gasteiger partial charge in [0.05, 0.1) is 5.69 Å². The van der Waals surface area contributed by atoms with Crippen LogP contribution in [-0.4, -0.2) is 41.1 Å². The fraction of sp³-hybridized carbons (Fsp3) is 0.500. The van der Waals surface area contributed by atoms with Gasteiger partial charge in [0, 0.05) is 43.3 Å². The molecule has 1 fully saturated rings. The quantitative estimate of drug-likeness (QED) is 0.848. The van der Waals surface area contributed by atoms with Gasteiger partial charge in [-0.15, -0.1) is 11.3 Å². The number of thiazole rings is 1. The summed E-state index contributed by atoms with van der Waals surface area (Å²) in [6.07, 6.45) is 2.78. The van der Waals surface area contributed by atoms with Crippen LogP contribution in [0.3, 0.4) is 0 Å². The van der Waals surface area contributed by atoms with Gasteiger partial charge in [-0.05, 0) is 20.3 Å². The normalized spacial score (nSPS) is 16.3. The molecule has 1 aliphatic heterocycles. The molecule has 0 saturated carbocycles. The van der Waals surface area contributed by atoms with E-state index in [-0.39, 0.29) is 0 Å². The Hall–Kier alpha value is -1.69. The second-order valence-electron chi connectivity index (χ2n) is 5.12. The molecule has 0 N–H and O–H groups in total. The first-order valence-corrected chi connectivity index (χ1v) is 7.81. The molecule has 3 rings (SSSR count). The minimum absolute atomic E-state index is 0.981. The summed E-state index contributed by atoms with van der Waals surface area (Å²) in [7, 11) is 0. The highest BCUT2D eigenvalue weighted by molar-refractivity contribution is 7.13. The predicted molar refractivity (Wildman–Crippen MR) is 82.7 cm³/mol. The van der Waals surface area contributed by atoms with Crippen LogP contribution in [0, 0.1) is 13.8 Å². The zero-order valence-corrected chi connectivity index (χ0v) is 12.7. The summed E-state index contributed by atoms with van der Waals surface area (Å²) in [6, 6.07) is 2.06. The topological polar surface area (TPSA) is 45.2 Å². The van der Waals surface area contributed by atoms with E-state index in [9.17, 15) is 0 Å². The number of hydrogen-bond acceptors (Lipinski definition) is 6. The molecule has 20 heavy (non-hydrogen) atoms. The van der Waals surface area contributed by atoms with Crippen molar-refractivity contribution in [2.75, 3.05) is 36.0 Å². The standard InChI is InChI=1S/C14H19N5S/c1-11-8-13(16-10-15-11)18-4-3-5-19(7-6-18)14-17-12(2)9-20-14/h8-10H,3-7H2,1-2H3. The molecule has 2 aromatic rings. The van der Waals surface area contributed by atoms with Crippen molar-refractivity contribution in [3.63, 3.8) is 0 Å². The van der Waals surface area contributed by atoms with Gasteiger partial charge < -0.3 is 9.80 Å². The molecule has 0 spiro atoms. The lowest BCUT2D eigenvalue weighted by Crippen LogP contribution is -2.31. The Morgan fingerprint density at radius 1 is 1.00 bits per heavy atom. The van der Waals surface area contributed by atoms with Gasteiger partial charge in [0.2, 0.25) is 0 Å². The van der Waals surface area contributed by atoms with E-state index >= 15 is 0 Å². The Labute approximate surface area is 123 Å². The first kappa shape index (κ1) is 13.3. The first-order valence-electron chi connectivity index (χ1n) is 6.93. The van der Waals surface area contributed by atoms with Crippen LogP contribution in [0.15, 0.2) is 17.8 Å². The Bertz CT molecular complexity index is 582. The van der Waals surface area contributed by atoms with E-state index in [1.165, 1.54) is 0 Å². The second kappa shape index (κ2) is 5.75. The Kier molecular flexibility index (Phi) is 3.82. The molecule has 0 atom stereocenters. The molecule has 106 valence electrons. The summed E-state index contributed by atoms with van der Waals surface area (Å²) < 4.78 is 0. The lowest BCUT2D eigenvalue weighted by Gasteiger charge is -2.22. The van der Waals surface area contributed by atoms with Crippen LogP contribution in [0.25, 0.3) is 0 Å². The van der Waals surface area contributed by atoms with Crippen LogP contribution in [0.1, 0.15) is 17.8 Å². The summed E-state index contributed by atoms with van der Waals surface area (Å²) in [5.41, 5.74) is 2.13. The molecule has 0 amide bonds. The SMILES string of the molecule is Cc1cc(N2CCCN(c3nc(C)cs3)CC2)ncn1. The van der Waals surface area contributed by atoms with Crippen LogP contribution in [0.5, 0.6) is 0 Å². The number of nitrogens with zero attached hydrogens (tertiary/aromatic N) is 5. The number of aromatic nitrogens is 3. The number of rotatable bonds is 2. The van der Waals surface area contributed by atoms with Gasteiger partial charge in [0.25, 0.3) is 0 Å². The third-order valence-electron chi connectivity index (χ3n) is 3.49. The Morgan fingerprint density at radius 2 is 1.80 bits per heavy atom. The van der Waals surface area contributed by atoms with E-state index in [0.29, 0.717) is 0 Å². The molecular weight excluding hydrogens is 270 g/mol. The maximum Gasteiger partial charge on any atom is 0.185 e. The van der Waals surface area contributed by atoms with E-state index in [2.05, 4.69) is 36.2 Å². The number of aryl methyl sites for hydroxylation is 2. The Morgan fingerprint density at radius 3 is 2.55 bits per heavy atom. The fourth-order valence-electron chi connectivity index (χ4n) is 2.44. The van der Waals surface area contributed by atoms with E-state index in [4.69, 9.17) is 0 Å². The molecule has 3 heterocycles. The molecule has 0 aliphatic carbocycles. The maximum absolute atomic E-state index is 4.59. The van der Waals surface area contributed by atoms with Crippen LogP contribution < -0.4 is 9.80 Å². The minimum atomic E-state index is 0.981. The highest BCUT2D eigenvalue weighted by atomic mass is 32.1. The Balaban J connectivity index is 1.70. The third kappa shape index (κ3) is 2.90. The highest BCUT2D eigenvalue weighted by Crippen LogP contribution is 2.22. The van der Waals surface area contributed by atoms with Gasteiger partial charge in [-0.25, -0.2) is 15.0 Å². The van der Waals surface area contributed by atoms with Crippen molar-refractivity contribution in [2.45, 2.75) is 20.3 Å². The minimum Gasteiger partial charge on any atom is -0.355 e. The van der Waals surface area contributed by atoms with Crippen molar-refractivity contribution in [2.24, 2.45) is 0 Å². The van der Waals surface area contributed by atoms with Crippen LogP contribution in [0.4, 0.5) is 10.9 Å². The molecule has 0 unspecified atom stereocenters. The molecule has 6 heteroatoms. The van der Waals surface area contributed by atoms with Crippen LogP contribution >= 0.6 is 11.3 Å². The number of anilines is 2. The zero-order valence-electron chi connectivity index (χ0n) is 11.9. The van der Waals surface area contributed by atoms with E-state index in [1.54, 1.807) is 17.7 Å². The van der Waals surface area contributed by atoms with Crippen molar-refractivity contribution in [1.82, 2.24) is 15.0 Å². The molecule has 5 nitrogen and oxygen atoms in total. The maximum atomic E-state index is 4.59. The van der Waals surface area contributed by atoms with Crippen molar-refractivity contribution >= 4 is 22.3 Å². The molecular formula is C14H19N5S. The van der Waals surface area contributed by atoms with Gasteiger partial charge in [0.1, 0.15) is 12.1 Å². The van der Waals surface area contributed by atoms with Gasteiger partial charge in [-0.3, -0.25) is 0 Å². The first-order chi connectivity index (χ1) is 9.72. The van der Waals surface area contributed by atoms with Crippen LogP contribution in [-0.2, 0) is 0 Å². The zero-order chi connectivity index (χ0) is 13.9. The molecule has 1 saturated heterocycles. The smallest absolute Gasteiger partial charge is 0.185 e. The second-order valence-corrected chi connectivity index (χ2v) is 5.95. The predicted octanol–water partition coefficient (Wildman–Crippen LogP) is 2.27. The highest BCUT2D eigenvalue weighted by Gasteiger charge is 2.18. The fourth-order valence-corrected chi connectivity index (χ4v) is 3.30. The summed E-state index contributed by atoms with van der Waals surface area (Å²) in [4.78, 5) is 17.9. The average Bonchev–Trinajstić information content (AvgIpc) is 2.73. The largest absolute Gasteiger partial charge is 0.355 e. The summed E-state index contributed by atoms with van der Waals surface area (Å²) >= 11 is 1.74. The summed E-state index contributed by atoms with van der Waals surface area (Å²) in [5.74, 6) is 1.04. The average molecular weight is 289 g/mol. The van der Waals surface area contributed by atoms with Gasteiger partial charge in [-0.1, -0.05) is 0 Å². The summed E-state index contributed by atoms with van der Waals surface area (Å²) in [5, 5.41) is 3.26. The van der Waals surface area contributed by atoms with Crippen molar-refractivity contribution < 1.29 is 0 Å². The van der Waals surface area contributed by atoms with Gasteiger partial charge >= 0.3 is 0 Å². The third-order valence-corrected chi connectivity index (χ3v) is 4.51. The lowest BCUT2D eigenvalue weighted by molar-refractivity contribution is 0.793. The van der Waals surface area contributed by atoms with Gasteiger partial charge in [-0.2, -0.15) is 0 Å². The van der Waals surface area contributed by atoms with Gasteiger partial charge in [0.15, 0.2) is 5.13 Å². The van der Waals surface area contributed by atoms with Crippen molar-refractivity contribution in [3.05, 3.63) is 29.2 Å². The molecule has 1 aliphatic rings. The lowest BCUT2D eigenvalue weighted by atomic mass is 10.3. The molecule has 0 aromatic carbocycles.